The fraction of sp³-hybridized carbons (Fsp3) is 1.00. The van der Waals surface area contributed by atoms with Gasteiger partial charge in [0.05, 0.1) is 0 Å². The number of rotatable bonds is 7. The summed E-state index contributed by atoms with van der Waals surface area (Å²) in [6.45, 7) is 9.17. The van der Waals surface area contributed by atoms with Crippen molar-refractivity contribution in [3.63, 3.8) is 0 Å². The van der Waals surface area contributed by atoms with E-state index < -0.39 is 0 Å². The first-order valence-electron chi connectivity index (χ1n) is 7.32. The molecule has 0 aromatic rings. The van der Waals surface area contributed by atoms with Gasteiger partial charge in [-0.1, -0.05) is 19.3 Å². The molecule has 3 nitrogen and oxygen atoms in total. The van der Waals surface area contributed by atoms with E-state index in [0.29, 0.717) is 0 Å². The van der Waals surface area contributed by atoms with Crippen LogP contribution in [0.25, 0.3) is 0 Å². The maximum Gasteiger partial charge on any atom is 0.158 e. The molecule has 0 radical (unpaired) electrons. The predicted octanol–water partition coefficient (Wildman–Crippen LogP) is 3.04. The molecule has 0 unspecified atom stereocenters. The molecule has 1 aliphatic heterocycles. The number of ether oxygens (including phenoxy) is 2. The zero-order valence-electron chi connectivity index (χ0n) is 11.6. The molecule has 0 bridgehead atoms. The van der Waals surface area contributed by atoms with E-state index in [1.54, 1.807) is 0 Å². The first kappa shape index (κ1) is 14.9. The minimum absolute atomic E-state index is 0.00422. The van der Waals surface area contributed by atoms with Gasteiger partial charge in [-0.3, -0.25) is 0 Å². The van der Waals surface area contributed by atoms with E-state index in [4.69, 9.17) is 9.47 Å². The zero-order chi connectivity index (χ0) is 12.3. The molecule has 1 fully saturated rings. The third-order valence-corrected chi connectivity index (χ3v) is 3.33. The number of likely N-dealkylation sites (tertiary alicyclic amines) is 1. The van der Waals surface area contributed by atoms with Crippen LogP contribution in [0.15, 0.2) is 0 Å². The van der Waals surface area contributed by atoms with Gasteiger partial charge in [0.2, 0.25) is 0 Å². The molecule has 0 N–H and O–H groups in total. The smallest absolute Gasteiger partial charge is 0.158 e. The lowest BCUT2D eigenvalue weighted by molar-refractivity contribution is -0.141. The lowest BCUT2D eigenvalue weighted by Crippen LogP contribution is -2.32. The van der Waals surface area contributed by atoms with Gasteiger partial charge in [-0.05, 0) is 39.8 Å². The van der Waals surface area contributed by atoms with Crippen molar-refractivity contribution in [2.75, 3.05) is 32.8 Å². The lowest BCUT2D eigenvalue weighted by atomic mass is 10.1. The molecule has 17 heavy (non-hydrogen) atoms. The highest BCUT2D eigenvalue weighted by Crippen LogP contribution is 2.12. The summed E-state index contributed by atoms with van der Waals surface area (Å²) in [5.74, 6) is 0. The molecule has 1 saturated heterocycles. The Bertz CT molecular complexity index is 162. The minimum atomic E-state index is -0.00422. The van der Waals surface area contributed by atoms with Gasteiger partial charge in [0.1, 0.15) is 0 Å². The molecular weight excluding hydrogens is 214 g/mol. The van der Waals surface area contributed by atoms with Gasteiger partial charge in [0.25, 0.3) is 0 Å². The van der Waals surface area contributed by atoms with E-state index in [2.05, 4.69) is 4.90 Å². The molecule has 0 aromatic heterocycles. The summed E-state index contributed by atoms with van der Waals surface area (Å²) in [6, 6.07) is 0. The van der Waals surface area contributed by atoms with Gasteiger partial charge in [-0.2, -0.15) is 0 Å². The van der Waals surface area contributed by atoms with Crippen molar-refractivity contribution in [2.24, 2.45) is 0 Å². The lowest BCUT2D eigenvalue weighted by Gasteiger charge is -2.26. The second kappa shape index (κ2) is 9.86. The first-order valence-corrected chi connectivity index (χ1v) is 7.32. The second-order valence-corrected chi connectivity index (χ2v) is 4.74. The third-order valence-electron chi connectivity index (χ3n) is 3.33. The predicted molar refractivity (Wildman–Crippen MR) is 71.2 cm³/mol. The quantitative estimate of drug-likeness (QED) is 0.642. The Kier molecular flexibility index (Phi) is 8.67. The molecule has 102 valence electrons. The molecule has 1 aliphatic rings. The molecule has 1 rings (SSSR count). The SMILES string of the molecule is CCOC(CCN1CCCCCCC1)OCC. The maximum atomic E-state index is 5.58. The maximum absolute atomic E-state index is 5.58. The fourth-order valence-corrected chi connectivity index (χ4v) is 2.41. The van der Waals surface area contributed by atoms with Crippen molar-refractivity contribution >= 4 is 0 Å². The molecular formula is C14H29NO2. The van der Waals surface area contributed by atoms with Gasteiger partial charge in [-0.25, -0.2) is 0 Å². The van der Waals surface area contributed by atoms with Crippen LogP contribution in [0, 0.1) is 0 Å². The molecule has 1 heterocycles. The van der Waals surface area contributed by atoms with E-state index >= 15 is 0 Å². The van der Waals surface area contributed by atoms with Gasteiger partial charge in [0.15, 0.2) is 6.29 Å². The zero-order valence-corrected chi connectivity index (χ0v) is 11.6. The highest BCUT2D eigenvalue weighted by atomic mass is 16.7. The summed E-state index contributed by atoms with van der Waals surface area (Å²) in [5, 5.41) is 0. The molecule has 3 heteroatoms. The normalized spacial score (nSPS) is 19.2. The van der Waals surface area contributed by atoms with Gasteiger partial charge < -0.3 is 14.4 Å². The van der Waals surface area contributed by atoms with Crippen LogP contribution < -0.4 is 0 Å². The van der Waals surface area contributed by atoms with E-state index in [9.17, 15) is 0 Å². The highest BCUT2D eigenvalue weighted by molar-refractivity contribution is 4.63. The average Bonchev–Trinajstić information content (AvgIpc) is 2.28. The van der Waals surface area contributed by atoms with Crippen LogP contribution in [0.1, 0.15) is 52.4 Å². The minimum Gasteiger partial charge on any atom is -0.353 e. The van der Waals surface area contributed by atoms with Crippen molar-refractivity contribution < 1.29 is 9.47 Å². The summed E-state index contributed by atoms with van der Waals surface area (Å²) in [6.07, 6.45) is 7.93. The molecule has 0 atom stereocenters. The summed E-state index contributed by atoms with van der Waals surface area (Å²) >= 11 is 0. The van der Waals surface area contributed by atoms with Crippen molar-refractivity contribution in [1.82, 2.24) is 4.90 Å². The molecule has 0 aliphatic carbocycles. The van der Waals surface area contributed by atoms with Gasteiger partial charge in [-0.15, -0.1) is 0 Å². The van der Waals surface area contributed by atoms with E-state index in [1.165, 1.54) is 45.2 Å². The van der Waals surface area contributed by atoms with Crippen LogP contribution in [-0.2, 0) is 9.47 Å². The molecule has 0 aromatic carbocycles. The molecule has 0 spiro atoms. The Morgan fingerprint density at radius 2 is 1.41 bits per heavy atom. The Morgan fingerprint density at radius 1 is 0.882 bits per heavy atom. The number of hydrogen-bond donors (Lipinski definition) is 0. The Hall–Kier alpha value is -0.120. The van der Waals surface area contributed by atoms with Crippen LogP contribution in [0.2, 0.25) is 0 Å². The van der Waals surface area contributed by atoms with Crippen molar-refractivity contribution in [1.29, 1.82) is 0 Å². The van der Waals surface area contributed by atoms with Gasteiger partial charge >= 0.3 is 0 Å². The van der Waals surface area contributed by atoms with Crippen LogP contribution in [0.4, 0.5) is 0 Å². The number of hydrogen-bond acceptors (Lipinski definition) is 3. The summed E-state index contributed by atoms with van der Waals surface area (Å²) < 4.78 is 11.2. The van der Waals surface area contributed by atoms with E-state index in [-0.39, 0.29) is 6.29 Å². The number of nitrogens with zero attached hydrogens (tertiary/aromatic N) is 1. The Morgan fingerprint density at radius 3 is 1.94 bits per heavy atom. The monoisotopic (exact) mass is 243 g/mol. The van der Waals surface area contributed by atoms with Crippen LogP contribution in [0.3, 0.4) is 0 Å². The van der Waals surface area contributed by atoms with E-state index in [1.807, 2.05) is 13.8 Å². The Labute approximate surface area is 106 Å². The second-order valence-electron chi connectivity index (χ2n) is 4.74. The summed E-state index contributed by atoms with van der Waals surface area (Å²) in [7, 11) is 0. The fourth-order valence-electron chi connectivity index (χ4n) is 2.41. The highest BCUT2D eigenvalue weighted by Gasteiger charge is 2.12. The van der Waals surface area contributed by atoms with Gasteiger partial charge in [0, 0.05) is 26.2 Å². The van der Waals surface area contributed by atoms with Crippen LogP contribution >= 0.6 is 0 Å². The van der Waals surface area contributed by atoms with Crippen LogP contribution in [-0.4, -0.2) is 44.0 Å². The van der Waals surface area contributed by atoms with Crippen molar-refractivity contribution in [3.8, 4) is 0 Å². The van der Waals surface area contributed by atoms with Crippen LogP contribution in [0.5, 0.6) is 0 Å². The van der Waals surface area contributed by atoms with Crippen molar-refractivity contribution in [2.45, 2.75) is 58.7 Å². The topological polar surface area (TPSA) is 21.7 Å². The standard InChI is InChI=1S/C14H29NO2/c1-3-16-14(17-4-2)10-13-15-11-8-6-5-7-9-12-15/h14H,3-13H2,1-2H3. The summed E-state index contributed by atoms with van der Waals surface area (Å²) in [5.41, 5.74) is 0. The third kappa shape index (κ3) is 7.02. The first-order chi connectivity index (χ1) is 8.36. The molecule has 0 saturated carbocycles. The molecule has 0 amide bonds. The van der Waals surface area contributed by atoms with Crippen molar-refractivity contribution in [3.05, 3.63) is 0 Å². The largest absolute Gasteiger partial charge is 0.353 e. The average molecular weight is 243 g/mol. The van der Waals surface area contributed by atoms with E-state index in [0.717, 1.165) is 26.2 Å². The summed E-state index contributed by atoms with van der Waals surface area (Å²) in [4.78, 5) is 2.57. The Balaban J connectivity index is 2.20.